The van der Waals surface area contributed by atoms with Crippen molar-refractivity contribution < 1.29 is 18.4 Å². The maximum atomic E-state index is 13.8. The topological polar surface area (TPSA) is 71.3 Å². The van der Waals surface area contributed by atoms with E-state index >= 15 is 0 Å². The van der Waals surface area contributed by atoms with Gasteiger partial charge in [-0.25, -0.2) is 4.39 Å². The molecule has 2 amide bonds. The van der Waals surface area contributed by atoms with Gasteiger partial charge in [0.05, 0.1) is 12.0 Å². The second kappa shape index (κ2) is 7.65. The number of rotatable bonds is 5. The van der Waals surface area contributed by atoms with E-state index in [4.69, 9.17) is 4.42 Å². The van der Waals surface area contributed by atoms with Crippen molar-refractivity contribution in [3.8, 4) is 11.3 Å². The van der Waals surface area contributed by atoms with Crippen molar-refractivity contribution in [1.82, 2.24) is 5.32 Å². The molecule has 0 aliphatic rings. The third-order valence-corrected chi connectivity index (χ3v) is 3.86. The van der Waals surface area contributed by atoms with Gasteiger partial charge in [-0.2, -0.15) is 0 Å². The number of carbonyl (C=O) groups excluding carboxylic acids is 2. The fourth-order valence-corrected chi connectivity index (χ4v) is 2.51. The van der Waals surface area contributed by atoms with Crippen molar-refractivity contribution in [2.75, 3.05) is 12.4 Å². The molecular weight excluding hydrogens is 335 g/mol. The maximum Gasteiger partial charge on any atom is 0.291 e. The van der Waals surface area contributed by atoms with Crippen LogP contribution in [0, 0.1) is 5.82 Å². The predicted molar refractivity (Wildman–Crippen MR) is 96.3 cm³/mol. The smallest absolute Gasteiger partial charge is 0.291 e. The zero-order chi connectivity index (χ0) is 18.5. The summed E-state index contributed by atoms with van der Waals surface area (Å²) in [6, 6.07) is 16.2. The minimum absolute atomic E-state index is 0.0537. The Morgan fingerprint density at radius 3 is 2.50 bits per heavy atom. The summed E-state index contributed by atoms with van der Waals surface area (Å²) in [5.41, 5.74) is 1.48. The van der Waals surface area contributed by atoms with Crippen molar-refractivity contribution >= 4 is 17.5 Å². The van der Waals surface area contributed by atoms with Crippen LogP contribution >= 0.6 is 0 Å². The van der Waals surface area contributed by atoms with Gasteiger partial charge in [-0.15, -0.1) is 0 Å². The molecule has 0 aliphatic carbocycles. The van der Waals surface area contributed by atoms with Crippen LogP contribution in [0.5, 0.6) is 0 Å². The first-order valence-electron chi connectivity index (χ1n) is 8.03. The zero-order valence-electron chi connectivity index (χ0n) is 14.1. The molecular formula is C20H17FN2O3. The van der Waals surface area contributed by atoms with Crippen molar-refractivity contribution in [2.24, 2.45) is 0 Å². The number of anilines is 1. The quantitative estimate of drug-likeness (QED) is 0.737. The number of furan rings is 1. The van der Waals surface area contributed by atoms with Crippen LogP contribution in [0.2, 0.25) is 0 Å². The van der Waals surface area contributed by atoms with Gasteiger partial charge in [0, 0.05) is 12.7 Å². The first kappa shape index (κ1) is 17.4. The van der Waals surface area contributed by atoms with E-state index in [-0.39, 0.29) is 29.4 Å². The van der Waals surface area contributed by atoms with Crippen LogP contribution in [0.25, 0.3) is 11.3 Å². The minimum Gasteiger partial charge on any atom is -0.451 e. The van der Waals surface area contributed by atoms with Crippen LogP contribution < -0.4 is 10.6 Å². The number of hydrogen-bond acceptors (Lipinski definition) is 3. The van der Waals surface area contributed by atoms with E-state index in [2.05, 4.69) is 10.6 Å². The lowest BCUT2D eigenvalue weighted by Gasteiger charge is -2.09. The van der Waals surface area contributed by atoms with Gasteiger partial charge in [-0.05, 0) is 35.9 Å². The highest BCUT2D eigenvalue weighted by Gasteiger charge is 2.16. The van der Waals surface area contributed by atoms with E-state index in [1.54, 1.807) is 55.6 Å². The number of carbonyl (C=O) groups is 2. The number of para-hydroxylation sites is 1. The van der Waals surface area contributed by atoms with Gasteiger partial charge in [-0.1, -0.05) is 30.3 Å². The second-order valence-electron chi connectivity index (χ2n) is 5.60. The summed E-state index contributed by atoms with van der Waals surface area (Å²) < 4.78 is 19.3. The molecule has 0 fully saturated rings. The summed E-state index contributed by atoms with van der Waals surface area (Å²) in [6.07, 6.45) is 0.144. The predicted octanol–water partition coefficient (Wildman–Crippen LogP) is 3.63. The van der Waals surface area contributed by atoms with Gasteiger partial charge >= 0.3 is 0 Å². The fraction of sp³-hybridized carbons (Fsp3) is 0.100. The molecule has 3 aromatic rings. The van der Waals surface area contributed by atoms with E-state index in [0.717, 1.165) is 0 Å². The van der Waals surface area contributed by atoms with E-state index in [9.17, 15) is 14.0 Å². The number of likely N-dealkylation sites (N-methyl/N-ethyl adjacent to an activating group) is 1. The van der Waals surface area contributed by atoms with Crippen LogP contribution in [0.15, 0.2) is 65.1 Å². The summed E-state index contributed by atoms with van der Waals surface area (Å²) in [5.74, 6) is -0.738. The molecule has 5 nitrogen and oxygen atoms in total. The highest BCUT2D eigenvalue weighted by atomic mass is 19.1. The molecule has 0 bridgehead atoms. The Morgan fingerprint density at radius 1 is 1.00 bits per heavy atom. The van der Waals surface area contributed by atoms with E-state index in [1.807, 2.05) is 0 Å². The Hall–Kier alpha value is -3.41. The first-order chi connectivity index (χ1) is 12.6. The highest BCUT2D eigenvalue weighted by molar-refractivity contribution is 6.03. The van der Waals surface area contributed by atoms with Gasteiger partial charge in [-0.3, -0.25) is 9.59 Å². The Labute approximate surface area is 149 Å². The van der Waals surface area contributed by atoms with Crippen molar-refractivity contribution in [3.63, 3.8) is 0 Å². The van der Waals surface area contributed by atoms with Gasteiger partial charge in [0.25, 0.3) is 5.91 Å². The summed E-state index contributed by atoms with van der Waals surface area (Å²) in [6.45, 7) is 0. The molecule has 0 radical (unpaired) electrons. The Balaban J connectivity index is 1.80. The summed E-state index contributed by atoms with van der Waals surface area (Å²) in [7, 11) is 1.55. The third-order valence-electron chi connectivity index (χ3n) is 3.86. The lowest BCUT2D eigenvalue weighted by molar-refractivity contribution is -0.119. The molecule has 26 heavy (non-hydrogen) atoms. The number of nitrogens with one attached hydrogen (secondary N) is 2. The number of benzene rings is 2. The molecule has 2 aromatic carbocycles. The molecule has 0 saturated carbocycles. The molecule has 1 aromatic heterocycles. The molecule has 2 N–H and O–H groups in total. The van der Waals surface area contributed by atoms with Crippen LogP contribution in [0.3, 0.4) is 0 Å². The summed E-state index contributed by atoms with van der Waals surface area (Å²) in [4.78, 5) is 24.1. The lowest BCUT2D eigenvalue weighted by atomic mass is 10.1. The Morgan fingerprint density at radius 2 is 1.73 bits per heavy atom. The van der Waals surface area contributed by atoms with Gasteiger partial charge < -0.3 is 15.1 Å². The molecule has 0 spiro atoms. The van der Waals surface area contributed by atoms with Gasteiger partial charge in [0.1, 0.15) is 11.6 Å². The summed E-state index contributed by atoms with van der Waals surface area (Å²) in [5, 5.41) is 5.28. The standard InChI is InChI=1S/C20H17FN2O3/c1-22-19(24)12-13-6-2-5-9-16(13)23-20(25)18-11-10-17(26-18)14-7-3-4-8-15(14)21/h2-11H,12H2,1H3,(H,22,24)(H,23,25). The van der Waals surface area contributed by atoms with Gasteiger partial charge in [0.2, 0.25) is 5.91 Å². The first-order valence-corrected chi connectivity index (χ1v) is 8.03. The number of amides is 2. The molecule has 1 heterocycles. The van der Waals surface area contributed by atoms with E-state index < -0.39 is 11.7 Å². The largest absolute Gasteiger partial charge is 0.451 e. The number of halogens is 1. The van der Waals surface area contributed by atoms with Gasteiger partial charge in [0.15, 0.2) is 5.76 Å². The number of hydrogen-bond donors (Lipinski definition) is 2. The zero-order valence-corrected chi connectivity index (χ0v) is 14.1. The third kappa shape index (κ3) is 3.80. The van der Waals surface area contributed by atoms with Crippen LogP contribution in [-0.4, -0.2) is 18.9 Å². The minimum atomic E-state index is -0.475. The Bertz CT molecular complexity index is 949. The van der Waals surface area contributed by atoms with E-state index in [0.29, 0.717) is 11.3 Å². The molecule has 0 aliphatic heterocycles. The normalized spacial score (nSPS) is 10.4. The fourth-order valence-electron chi connectivity index (χ4n) is 2.51. The SMILES string of the molecule is CNC(=O)Cc1ccccc1NC(=O)c1ccc(-c2ccccc2F)o1. The van der Waals surface area contributed by atoms with Crippen molar-refractivity contribution in [1.29, 1.82) is 0 Å². The Kier molecular flexibility index (Phi) is 5.12. The second-order valence-corrected chi connectivity index (χ2v) is 5.60. The van der Waals surface area contributed by atoms with E-state index in [1.165, 1.54) is 12.1 Å². The lowest BCUT2D eigenvalue weighted by Crippen LogP contribution is -2.21. The molecule has 132 valence electrons. The monoisotopic (exact) mass is 352 g/mol. The molecule has 0 atom stereocenters. The van der Waals surface area contributed by atoms with Crippen LogP contribution in [-0.2, 0) is 11.2 Å². The molecule has 3 rings (SSSR count). The molecule has 6 heteroatoms. The van der Waals surface area contributed by atoms with Crippen molar-refractivity contribution in [3.05, 3.63) is 77.8 Å². The maximum absolute atomic E-state index is 13.8. The molecule has 0 saturated heterocycles. The average molecular weight is 352 g/mol. The van der Waals surface area contributed by atoms with Crippen LogP contribution in [0.4, 0.5) is 10.1 Å². The van der Waals surface area contributed by atoms with Crippen LogP contribution in [0.1, 0.15) is 16.1 Å². The molecule has 0 unspecified atom stereocenters. The highest BCUT2D eigenvalue weighted by Crippen LogP contribution is 2.25. The summed E-state index contributed by atoms with van der Waals surface area (Å²) >= 11 is 0. The van der Waals surface area contributed by atoms with Crippen molar-refractivity contribution in [2.45, 2.75) is 6.42 Å². The average Bonchev–Trinajstić information content (AvgIpc) is 3.13.